The van der Waals surface area contributed by atoms with Gasteiger partial charge in [0.15, 0.2) is 0 Å². The van der Waals surface area contributed by atoms with Crippen molar-refractivity contribution in [2.24, 2.45) is 10.3 Å². The lowest BCUT2D eigenvalue weighted by Gasteiger charge is -2.09. The van der Waals surface area contributed by atoms with Crippen LogP contribution in [0.4, 0.5) is 5.69 Å². The van der Waals surface area contributed by atoms with E-state index in [1.165, 1.54) is 5.01 Å². The summed E-state index contributed by atoms with van der Waals surface area (Å²) in [6, 6.07) is 14.8. The number of phenolic OH excluding ortho intramolecular Hbond substituents is 1. The lowest BCUT2D eigenvalue weighted by molar-refractivity contribution is -0.130. The van der Waals surface area contributed by atoms with Crippen molar-refractivity contribution in [2.45, 2.75) is 32.6 Å². The summed E-state index contributed by atoms with van der Waals surface area (Å²) in [7, 11) is 1.62. The Bertz CT molecular complexity index is 679. The van der Waals surface area contributed by atoms with Crippen molar-refractivity contribution in [3.8, 4) is 5.75 Å². The smallest absolute Gasteiger partial charge is 0.243 e. The number of aromatic hydroxyl groups is 1. The quantitative estimate of drug-likeness (QED) is 0.460. The summed E-state index contributed by atoms with van der Waals surface area (Å²) in [6.45, 7) is 2.01. The molecule has 0 atom stereocenters. The lowest BCUT2D eigenvalue weighted by atomic mass is 10.1. The average Bonchev–Trinajstić information content (AvgIpc) is 2.59. The molecule has 5 nitrogen and oxygen atoms in total. The van der Waals surface area contributed by atoms with Crippen LogP contribution >= 0.6 is 0 Å². The first-order chi connectivity index (χ1) is 11.5. The van der Waals surface area contributed by atoms with Crippen LogP contribution in [0, 0.1) is 6.92 Å². The second-order valence-corrected chi connectivity index (χ2v) is 5.82. The van der Waals surface area contributed by atoms with E-state index in [2.05, 4.69) is 10.3 Å². The van der Waals surface area contributed by atoms with Crippen molar-refractivity contribution in [1.29, 1.82) is 0 Å². The third-order valence-corrected chi connectivity index (χ3v) is 3.73. The number of hydrogen-bond donors (Lipinski definition) is 1. The van der Waals surface area contributed by atoms with Gasteiger partial charge >= 0.3 is 0 Å². The molecule has 0 heterocycles. The van der Waals surface area contributed by atoms with Crippen LogP contribution in [0.1, 0.15) is 30.4 Å². The third kappa shape index (κ3) is 5.83. The summed E-state index contributed by atoms with van der Waals surface area (Å²) in [4.78, 5) is 12.0. The van der Waals surface area contributed by atoms with Gasteiger partial charge in [-0.3, -0.25) is 4.79 Å². The Morgan fingerprint density at radius 2 is 1.71 bits per heavy atom. The highest BCUT2D eigenvalue weighted by atomic mass is 16.3. The highest BCUT2D eigenvalue weighted by Crippen LogP contribution is 2.14. The molecule has 24 heavy (non-hydrogen) atoms. The standard InChI is InChI=1S/C19H23N3O2/c1-15-7-11-17(12-8-15)20-21-22(2)19(24)6-4-3-5-16-9-13-18(23)14-10-16/h7-14,23H,3-6H2,1-2H3. The molecule has 0 unspecified atom stereocenters. The molecular formula is C19H23N3O2. The van der Waals surface area contributed by atoms with E-state index in [1.807, 2.05) is 43.3 Å². The summed E-state index contributed by atoms with van der Waals surface area (Å²) >= 11 is 0. The second-order valence-electron chi connectivity index (χ2n) is 5.82. The maximum atomic E-state index is 12.0. The SMILES string of the molecule is Cc1ccc(N=NN(C)C(=O)CCCCc2ccc(O)cc2)cc1. The minimum atomic E-state index is -0.0448. The lowest BCUT2D eigenvalue weighted by Crippen LogP contribution is -2.20. The minimum absolute atomic E-state index is 0.0448. The van der Waals surface area contributed by atoms with Gasteiger partial charge < -0.3 is 5.11 Å². The van der Waals surface area contributed by atoms with Gasteiger partial charge in [0.1, 0.15) is 5.75 Å². The molecule has 0 aliphatic carbocycles. The molecule has 0 aromatic heterocycles. The Balaban J connectivity index is 1.71. The van der Waals surface area contributed by atoms with Crippen LogP contribution in [0.5, 0.6) is 5.75 Å². The molecule has 0 aliphatic rings. The van der Waals surface area contributed by atoms with Crippen LogP contribution in [-0.4, -0.2) is 23.1 Å². The number of unbranched alkanes of at least 4 members (excludes halogenated alkanes) is 1. The number of hydrogen-bond acceptors (Lipinski definition) is 4. The van der Waals surface area contributed by atoms with Crippen molar-refractivity contribution < 1.29 is 9.90 Å². The Labute approximate surface area is 142 Å². The van der Waals surface area contributed by atoms with Crippen LogP contribution in [0.2, 0.25) is 0 Å². The fourth-order valence-electron chi connectivity index (χ4n) is 2.21. The van der Waals surface area contributed by atoms with E-state index in [0.717, 1.165) is 36.1 Å². The number of aryl methyl sites for hydroxylation is 2. The minimum Gasteiger partial charge on any atom is -0.508 e. The van der Waals surface area contributed by atoms with Gasteiger partial charge in [-0.05, 0) is 56.0 Å². The van der Waals surface area contributed by atoms with E-state index >= 15 is 0 Å². The van der Waals surface area contributed by atoms with Crippen molar-refractivity contribution in [1.82, 2.24) is 5.01 Å². The topological polar surface area (TPSA) is 65.3 Å². The molecule has 0 saturated carbocycles. The largest absolute Gasteiger partial charge is 0.508 e. The molecule has 0 aliphatic heterocycles. The van der Waals surface area contributed by atoms with Gasteiger partial charge in [0.05, 0.1) is 5.69 Å². The first-order valence-electron chi connectivity index (χ1n) is 8.07. The summed E-state index contributed by atoms with van der Waals surface area (Å²) in [6.07, 6.45) is 3.05. The van der Waals surface area contributed by atoms with Gasteiger partial charge in [-0.2, -0.15) is 0 Å². The third-order valence-electron chi connectivity index (χ3n) is 3.73. The van der Waals surface area contributed by atoms with E-state index in [4.69, 9.17) is 0 Å². The number of amides is 1. The Morgan fingerprint density at radius 3 is 2.38 bits per heavy atom. The van der Waals surface area contributed by atoms with Crippen LogP contribution in [0.25, 0.3) is 0 Å². The van der Waals surface area contributed by atoms with Crippen LogP contribution < -0.4 is 0 Å². The van der Waals surface area contributed by atoms with E-state index in [1.54, 1.807) is 19.2 Å². The molecule has 0 fully saturated rings. The van der Waals surface area contributed by atoms with Gasteiger partial charge in [-0.15, -0.1) is 5.11 Å². The zero-order valence-corrected chi connectivity index (χ0v) is 14.1. The monoisotopic (exact) mass is 325 g/mol. The summed E-state index contributed by atoms with van der Waals surface area (Å²) < 4.78 is 0. The van der Waals surface area contributed by atoms with Gasteiger partial charge in [0.2, 0.25) is 5.91 Å². The summed E-state index contributed by atoms with van der Waals surface area (Å²) in [5.74, 6) is 0.228. The predicted octanol–water partition coefficient (Wildman–Crippen LogP) is 4.57. The highest BCUT2D eigenvalue weighted by molar-refractivity contribution is 5.75. The number of carbonyl (C=O) groups is 1. The maximum absolute atomic E-state index is 12.0. The van der Waals surface area contributed by atoms with E-state index < -0.39 is 0 Å². The van der Waals surface area contributed by atoms with Gasteiger partial charge in [-0.25, -0.2) is 5.01 Å². The number of phenols is 1. The number of carbonyl (C=O) groups excluding carboxylic acids is 1. The molecule has 1 amide bonds. The van der Waals surface area contributed by atoms with Crippen molar-refractivity contribution >= 4 is 11.6 Å². The van der Waals surface area contributed by atoms with Crippen molar-refractivity contribution in [3.63, 3.8) is 0 Å². The second kappa shape index (κ2) is 8.82. The molecule has 0 radical (unpaired) electrons. The zero-order chi connectivity index (χ0) is 17.4. The molecular weight excluding hydrogens is 302 g/mol. The molecule has 5 heteroatoms. The molecule has 0 bridgehead atoms. The Kier molecular flexibility index (Phi) is 6.49. The van der Waals surface area contributed by atoms with Crippen molar-refractivity contribution in [3.05, 3.63) is 59.7 Å². The number of rotatable bonds is 7. The Morgan fingerprint density at radius 1 is 1.04 bits per heavy atom. The van der Waals surface area contributed by atoms with Gasteiger partial charge in [-0.1, -0.05) is 35.1 Å². The van der Waals surface area contributed by atoms with E-state index in [-0.39, 0.29) is 11.7 Å². The van der Waals surface area contributed by atoms with Crippen LogP contribution in [-0.2, 0) is 11.2 Å². The van der Waals surface area contributed by atoms with Gasteiger partial charge in [0.25, 0.3) is 0 Å². The van der Waals surface area contributed by atoms with Crippen LogP contribution in [0.15, 0.2) is 58.9 Å². The molecule has 2 rings (SSSR count). The fourth-order valence-corrected chi connectivity index (χ4v) is 2.21. The Hall–Kier alpha value is -2.69. The molecule has 2 aromatic carbocycles. The maximum Gasteiger partial charge on any atom is 0.243 e. The van der Waals surface area contributed by atoms with E-state index in [9.17, 15) is 9.90 Å². The summed E-state index contributed by atoms with van der Waals surface area (Å²) in [5, 5.41) is 18.5. The molecule has 0 spiro atoms. The summed E-state index contributed by atoms with van der Waals surface area (Å²) in [5.41, 5.74) is 3.05. The first kappa shape index (κ1) is 17.7. The normalized spacial score (nSPS) is 10.9. The average molecular weight is 325 g/mol. The molecule has 0 saturated heterocycles. The number of nitrogens with zero attached hydrogens (tertiary/aromatic N) is 3. The van der Waals surface area contributed by atoms with E-state index in [0.29, 0.717) is 6.42 Å². The molecule has 1 N–H and O–H groups in total. The predicted molar refractivity (Wildman–Crippen MR) is 94.1 cm³/mol. The van der Waals surface area contributed by atoms with Crippen LogP contribution in [0.3, 0.4) is 0 Å². The van der Waals surface area contributed by atoms with Crippen molar-refractivity contribution in [2.75, 3.05) is 7.05 Å². The van der Waals surface area contributed by atoms with Gasteiger partial charge in [0, 0.05) is 13.5 Å². The highest BCUT2D eigenvalue weighted by Gasteiger charge is 2.07. The molecule has 126 valence electrons. The fraction of sp³-hybridized carbons (Fsp3) is 0.316. The first-order valence-corrected chi connectivity index (χ1v) is 8.07. The molecule has 2 aromatic rings. The zero-order valence-electron chi connectivity index (χ0n) is 14.1. The number of benzene rings is 2.